The Morgan fingerprint density at radius 1 is 1.35 bits per heavy atom. The van der Waals surface area contributed by atoms with Gasteiger partial charge < -0.3 is 10.4 Å². The molecule has 0 amide bonds. The monoisotopic (exact) mass is 289 g/mol. The number of halogens is 3. The minimum Gasteiger partial charge on any atom is -0.478 e. The maximum atomic E-state index is 12.6. The van der Waals surface area contributed by atoms with Gasteiger partial charge in [0.05, 0.1) is 11.1 Å². The van der Waals surface area contributed by atoms with Crippen molar-refractivity contribution in [1.82, 2.24) is 0 Å². The van der Waals surface area contributed by atoms with Crippen LogP contribution in [0.5, 0.6) is 0 Å². The van der Waals surface area contributed by atoms with Gasteiger partial charge >= 0.3 is 12.1 Å². The van der Waals surface area contributed by atoms with Crippen molar-refractivity contribution >= 4 is 11.7 Å². The highest BCUT2D eigenvalue weighted by atomic mass is 19.4. The predicted molar refractivity (Wildman–Crippen MR) is 70.9 cm³/mol. The van der Waals surface area contributed by atoms with E-state index in [1.165, 1.54) is 6.07 Å². The minimum absolute atomic E-state index is 0.0326. The smallest absolute Gasteiger partial charge is 0.416 e. The fourth-order valence-corrected chi connectivity index (χ4v) is 1.76. The molecule has 20 heavy (non-hydrogen) atoms. The van der Waals surface area contributed by atoms with E-state index in [4.69, 9.17) is 5.11 Å². The average Bonchev–Trinajstić information content (AvgIpc) is 2.36. The van der Waals surface area contributed by atoms with E-state index >= 15 is 0 Å². The SMILES string of the molecule is CCC(C)C(C)Nc1ccc(C(F)(F)F)cc1C(=O)O. The van der Waals surface area contributed by atoms with E-state index in [0.717, 1.165) is 12.5 Å². The summed E-state index contributed by atoms with van der Waals surface area (Å²) in [5, 5.41) is 12.0. The minimum atomic E-state index is -4.55. The molecular formula is C14H18F3NO2. The molecule has 3 nitrogen and oxygen atoms in total. The summed E-state index contributed by atoms with van der Waals surface area (Å²) < 4.78 is 37.8. The van der Waals surface area contributed by atoms with Crippen molar-refractivity contribution in [1.29, 1.82) is 0 Å². The van der Waals surface area contributed by atoms with Crippen LogP contribution in [0, 0.1) is 5.92 Å². The second kappa shape index (κ2) is 6.15. The van der Waals surface area contributed by atoms with Crippen LogP contribution >= 0.6 is 0 Å². The number of hydrogen-bond donors (Lipinski definition) is 2. The topological polar surface area (TPSA) is 49.3 Å². The van der Waals surface area contributed by atoms with Crippen molar-refractivity contribution in [2.75, 3.05) is 5.32 Å². The van der Waals surface area contributed by atoms with Crippen LogP contribution in [-0.4, -0.2) is 17.1 Å². The van der Waals surface area contributed by atoms with Gasteiger partial charge in [-0.2, -0.15) is 13.2 Å². The fourth-order valence-electron chi connectivity index (χ4n) is 1.76. The van der Waals surface area contributed by atoms with Gasteiger partial charge in [-0.1, -0.05) is 20.3 Å². The maximum absolute atomic E-state index is 12.6. The summed E-state index contributed by atoms with van der Waals surface area (Å²) in [6, 6.07) is 2.69. The summed E-state index contributed by atoms with van der Waals surface area (Å²) in [7, 11) is 0. The summed E-state index contributed by atoms with van der Waals surface area (Å²) in [4.78, 5) is 11.1. The Kier molecular flexibility index (Phi) is 5.03. The van der Waals surface area contributed by atoms with Gasteiger partial charge in [0.15, 0.2) is 0 Å². The number of nitrogens with one attached hydrogen (secondary N) is 1. The van der Waals surface area contributed by atoms with E-state index in [-0.39, 0.29) is 23.2 Å². The van der Waals surface area contributed by atoms with Crippen LogP contribution in [0.3, 0.4) is 0 Å². The van der Waals surface area contributed by atoms with Gasteiger partial charge in [-0.15, -0.1) is 0 Å². The second-order valence-electron chi connectivity index (χ2n) is 4.88. The first kappa shape index (κ1) is 16.3. The zero-order chi connectivity index (χ0) is 15.5. The molecular weight excluding hydrogens is 271 g/mol. The maximum Gasteiger partial charge on any atom is 0.416 e. The number of aromatic carboxylic acids is 1. The van der Waals surface area contributed by atoms with Crippen LogP contribution in [-0.2, 0) is 6.18 Å². The van der Waals surface area contributed by atoms with Gasteiger partial charge in [0.2, 0.25) is 0 Å². The molecule has 6 heteroatoms. The molecule has 0 aliphatic carbocycles. The van der Waals surface area contributed by atoms with Crippen LogP contribution in [0.15, 0.2) is 18.2 Å². The van der Waals surface area contributed by atoms with Crippen molar-refractivity contribution in [3.05, 3.63) is 29.3 Å². The summed E-state index contributed by atoms with van der Waals surface area (Å²) in [6.07, 6.45) is -3.66. The zero-order valence-corrected chi connectivity index (χ0v) is 11.6. The van der Waals surface area contributed by atoms with Crippen molar-refractivity contribution in [2.24, 2.45) is 5.92 Å². The van der Waals surface area contributed by atoms with E-state index < -0.39 is 17.7 Å². The first-order chi connectivity index (χ1) is 9.16. The lowest BCUT2D eigenvalue weighted by Gasteiger charge is -2.22. The lowest BCUT2D eigenvalue weighted by molar-refractivity contribution is -0.137. The van der Waals surface area contributed by atoms with Gasteiger partial charge in [0.1, 0.15) is 0 Å². The summed E-state index contributed by atoms with van der Waals surface area (Å²) in [5.74, 6) is -1.10. The number of carbonyl (C=O) groups is 1. The van der Waals surface area contributed by atoms with Crippen molar-refractivity contribution in [2.45, 2.75) is 39.4 Å². The Hall–Kier alpha value is -1.72. The molecule has 2 unspecified atom stereocenters. The molecule has 0 heterocycles. The Bertz CT molecular complexity index is 486. The fraction of sp³-hybridized carbons (Fsp3) is 0.500. The Balaban J connectivity index is 3.11. The van der Waals surface area contributed by atoms with Crippen molar-refractivity contribution < 1.29 is 23.1 Å². The Labute approximate surface area is 115 Å². The zero-order valence-electron chi connectivity index (χ0n) is 11.6. The van der Waals surface area contributed by atoms with Crippen molar-refractivity contribution in [3.63, 3.8) is 0 Å². The molecule has 112 valence electrons. The van der Waals surface area contributed by atoms with Crippen LogP contribution < -0.4 is 5.32 Å². The highest BCUT2D eigenvalue weighted by Crippen LogP contribution is 2.32. The van der Waals surface area contributed by atoms with Gasteiger partial charge in [-0.05, 0) is 31.0 Å². The van der Waals surface area contributed by atoms with E-state index in [9.17, 15) is 18.0 Å². The van der Waals surface area contributed by atoms with E-state index in [2.05, 4.69) is 5.32 Å². The Morgan fingerprint density at radius 3 is 2.40 bits per heavy atom. The lowest BCUT2D eigenvalue weighted by Crippen LogP contribution is -2.24. The molecule has 0 fully saturated rings. The van der Waals surface area contributed by atoms with E-state index in [1.54, 1.807) is 0 Å². The molecule has 0 radical (unpaired) electrons. The summed E-state index contributed by atoms with van der Waals surface area (Å²) in [5.41, 5.74) is -1.12. The van der Waals surface area contributed by atoms with Gasteiger partial charge in [0, 0.05) is 11.7 Å². The molecule has 1 rings (SSSR count). The van der Waals surface area contributed by atoms with Crippen LogP contribution in [0.4, 0.5) is 18.9 Å². The molecule has 0 bridgehead atoms. The normalized spacial score (nSPS) is 14.7. The highest BCUT2D eigenvalue weighted by molar-refractivity contribution is 5.94. The molecule has 0 spiro atoms. The highest BCUT2D eigenvalue weighted by Gasteiger charge is 2.32. The molecule has 2 atom stereocenters. The number of carboxylic acids is 1. The summed E-state index contributed by atoms with van der Waals surface area (Å²) >= 11 is 0. The molecule has 0 saturated carbocycles. The number of alkyl halides is 3. The standard InChI is InChI=1S/C14H18F3NO2/c1-4-8(2)9(3)18-12-6-5-10(14(15,16)17)7-11(12)13(19)20/h5-9,18H,4H2,1-3H3,(H,19,20). The average molecular weight is 289 g/mol. The van der Waals surface area contributed by atoms with Gasteiger partial charge in [0.25, 0.3) is 0 Å². The molecule has 0 aromatic heterocycles. The van der Waals surface area contributed by atoms with Crippen LogP contribution in [0.1, 0.15) is 43.1 Å². The quantitative estimate of drug-likeness (QED) is 0.852. The predicted octanol–water partition coefficient (Wildman–Crippen LogP) is 4.25. The molecule has 0 aliphatic rings. The number of carboxylic acid groups (broad SMARTS) is 1. The number of hydrogen-bond acceptors (Lipinski definition) is 2. The molecule has 1 aromatic carbocycles. The summed E-state index contributed by atoms with van der Waals surface area (Å²) in [6.45, 7) is 5.85. The lowest BCUT2D eigenvalue weighted by atomic mass is 9.99. The third-order valence-electron chi connectivity index (χ3n) is 3.46. The largest absolute Gasteiger partial charge is 0.478 e. The first-order valence-electron chi connectivity index (χ1n) is 6.37. The molecule has 0 aliphatic heterocycles. The van der Waals surface area contributed by atoms with Crippen LogP contribution in [0.2, 0.25) is 0 Å². The van der Waals surface area contributed by atoms with Gasteiger partial charge in [-0.25, -0.2) is 4.79 Å². The molecule has 0 saturated heterocycles. The third-order valence-corrected chi connectivity index (χ3v) is 3.46. The van der Waals surface area contributed by atoms with E-state index in [1.807, 2.05) is 20.8 Å². The van der Waals surface area contributed by atoms with Crippen molar-refractivity contribution in [3.8, 4) is 0 Å². The second-order valence-corrected chi connectivity index (χ2v) is 4.88. The number of rotatable bonds is 5. The molecule has 2 N–H and O–H groups in total. The number of benzene rings is 1. The van der Waals surface area contributed by atoms with Crippen LogP contribution in [0.25, 0.3) is 0 Å². The molecule has 1 aromatic rings. The van der Waals surface area contributed by atoms with E-state index in [0.29, 0.717) is 6.07 Å². The first-order valence-corrected chi connectivity index (χ1v) is 6.37. The number of anilines is 1. The van der Waals surface area contributed by atoms with Gasteiger partial charge in [-0.3, -0.25) is 0 Å². The third kappa shape index (κ3) is 3.88. The Morgan fingerprint density at radius 2 is 1.95 bits per heavy atom.